The zero-order valence-corrected chi connectivity index (χ0v) is 14.0. The maximum absolute atomic E-state index is 11.4. The van der Waals surface area contributed by atoms with Crippen LogP contribution in [0.1, 0.15) is 6.92 Å². The highest BCUT2D eigenvalue weighted by Crippen LogP contribution is 2.28. The molecule has 0 spiro atoms. The minimum absolute atomic E-state index is 0.581. The van der Waals surface area contributed by atoms with E-state index in [4.69, 9.17) is 14.2 Å². The fourth-order valence-corrected chi connectivity index (χ4v) is 2.97. The fourth-order valence-electron chi connectivity index (χ4n) is 2.97. The van der Waals surface area contributed by atoms with Gasteiger partial charge in [0.2, 0.25) is 5.91 Å². The van der Waals surface area contributed by atoms with Gasteiger partial charge in [0.1, 0.15) is 48.8 Å². The highest BCUT2D eigenvalue weighted by molar-refractivity contribution is 5.73. The number of carbonyl (C=O) groups excluding carboxylic acids is 1. The van der Waals surface area contributed by atoms with Gasteiger partial charge in [0.05, 0.1) is 13.2 Å². The van der Waals surface area contributed by atoms with E-state index in [1.807, 2.05) is 0 Å². The number of aliphatic hydroxyl groups excluding tert-OH is 7. The van der Waals surface area contributed by atoms with Crippen LogP contribution in [0.4, 0.5) is 0 Å². The third-order valence-corrected chi connectivity index (χ3v) is 4.38. The fraction of sp³-hybridized carbons (Fsp3) is 0.929. The minimum atomic E-state index is -1.77. The standard InChI is InChI=1S/C14H25NO11/c1-4(18)15-7-10(21)8(19)5(2-16)25-14(7)26-12-9(20)6(3-17)24-13(23)11(12)22/h5-14,16-17,19-23H,2-3H2,1H3,(H,15,18)/t5-,6-,7-,8-,9+,10-,11-,12+,13?,14+/m1/s1. The molecule has 2 aliphatic heterocycles. The van der Waals surface area contributed by atoms with Crippen LogP contribution < -0.4 is 5.32 Å². The molecule has 0 radical (unpaired) electrons. The predicted octanol–water partition coefficient (Wildman–Crippen LogP) is -5.25. The Morgan fingerprint density at radius 2 is 1.50 bits per heavy atom. The Morgan fingerprint density at radius 3 is 2.04 bits per heavy atom. The van der Waals surface area contributed by atoms with Crippen LogP contribution in [-0.4, -0.2) is 116 Å². The first-order valence-corrected chi connectivity index (χ1v) is 8.06. The second-order valence-corrected chi connectivity index (χ2v) is 6.26. The van der Waals surface area contributed by atoms with Crippen LogP contribution in [-0.2, 0) is 19.0 Å². The molecule has 26 heavy (non-hydrogen) atoms. The first-order chi connectivity index (χ1) is 12.2. The van der Waals surface area contributed by atoms with E-state index in [1.165, 1.54) is 0 Å². The van der Waals surface area contributed by atoms with E-state index in [9.17, 15) is 40.5 Å². The number of rotatable bonds is 5. The molecule has 0 saturated carbocycles. The van der Waals surface area contributed by atoms with Crippen LogP contribution in [0.2, 0.25) is 0 Å². The van der Waals surface area contributed by atoms with Crippen LogP contribution in [0.5, 0.6) is 0 Å². The van der Waals surface area contributed by atoms with Gasteiger partial charge in [-0.1, -0.05) is 0 Å². The summed E-state index contributed by atoms with van der Waals surface area (Å²) in [6.07, 6.45) is -13.7. The second-order valence-electron chi connectivity index (χ2n) is 6.26. The Bertz CT molecular complexity index is 480. The zero-order valence-electron chi connectivity index (χ0n) is 14.0. The van der Waals surface area contributed by atoms with Crippen molar-refractivity contribution in [3.8, 4) is 0 Å². The topological polar surface area (TPSA) is 198 Å². The van der Waals surface area contributed by atoms with Crippen LogP contribution in [0, 0.1) is 0 Å². The molecule has 12 heteroatoms. The molecule has 1 amide bonds. The molecule has 0 bridgehead atoms. The Morgan fingerprint density at radius 1 is 0.923 bits per heavy atom. The van der Waals surface area contributed by atoms with Crippen molar-refractivity contribution < 1.29 is 54.8 Å². The smallest absolute Gasteiger partial charge is 0.217 e. The molecule has 2 fully saturated rings. The number of aliphatic hydroxyl groups is 7. The van der Waals surface area contributed by atoms with Gasteiger partial charge in [-0.05, 0) is 0 Å². The van der Waals surface area contributed by atoms with Crippen LogP contribution in [0.3, 0.4) is 0 Å². The van der Waals surface area contributed by atoms with Gasteiger partial charge < -0.3 is 55.3 Å². The molecule has 10 atom stereocenters. The SMILES string of the molecule is CC(=O)N[C@H]1[C@H](O[C@H]2[C@@H](O)[C@@H](CO)OC(O)[C@@H]2O)O[C@H](CO)[C@@H](O)[C@@H]1O. The summed E-state index contributed by atoms with van der Waals surface area (Å²) in [6.45, 7) is -0.199. The van der Waals surface area contributed by atoms with E-state index in [0.717, 1.165) is 6.92 Å². The number of hydrogen-bond donors (Lipinski definition) is 8. The third kappa shape index (κ3) is 4.31. The van der Waals surface area contributed by atoms with E-state index in [0.29, 0.717) is 0 Å². The molecule has 1 unspecified atom stereocenters. The number of hydrogen-bond acceptors (Lipinski definition) is 11. The van der Waals surface area contributed by atoms with Crippen molar-refractivity contribution in [3.63, 3.8) is 0 Å². The molecule has 0 aromatic heterocycles. The maximum atomic E-state index is 11.4. The lowest BCUT2D eigenvalue weighted by Crippen LogP contribution is -2.67. The molecule has 2 saturated heterocycles. The first-order valence-electron chi connectivity index (χ1n) is 8.06. The van der Waals surface area contributed by atoms with Crippen molar-refractivity contribution >= 4 is 5.91 Å². The molecule has 12 nitrogen and oxygen atoms in total. The molecular formula is C14H25NO11. The number of amides is 1. The van der Waals surface area contributed by atoms with Crippen molar-refractivity contribution in [3.05, 3.63) is 0 Å². The van der Waals surface area contributed by atoms with Crippen LogP contribution >= 0.6 is 0 Å². The molecule has 0 aromatic carbocycles. The summed E-state index contributed by atoms with van der Waals surface area (Å²) in [4.78, 5) is 11.4. The van der Waals surface area contributed by atoms with Gasteiger partial charge in [-0.25, -0.2) is 0 Å². The summed E-state index contributed by atoms with van der Waals surface area (Å²) in [5.41, 5.74) is 0. The first kappa shape index (κ1) is 21.4. The predicted molar refractivity (Wildman–Crippen MR) is 80.2 cm³/mol. The molecule has 2 heterocycles. The van der Waals surface area contributed by atoms with Gasteiger partial charge in [0, 0.05) is 6.92 Å². The van der Waals surface area contributed by atoms with E-state index in [2.05, 4.69) is 5.32 Å². The molecule has 2 aliphatic rings. The summed E-state index contributed by atoms with van der Waals surface area (Å²) >= 11 is 0. The van der Waals surface area contributed by atoms with Gasteiger partial charge in [-0.3, -0.25) is 4.79 Å². The lowest BCUT2D eigenvalue weighted by atomic mass is 9.95. The van der Waals surface area contributed by atoms with Gasteiger partial charge in [-0.15, -0.1) is 0 Å². The normalized spacial score (nSPS) is 46.8. The second kappa shape index (κ2) is 8.84. The average molecular weight is 383 g/mol. The Labute approximate surface area is 148 Å². The highest BCUT2D eigenvalue weighted by atomic mass is 16.7. The van der Waals surface area contributed by atoms with Crippen molar-refractivity contribution in [2.75, 3.05) is 13.2 Å². The van der Waals surface area contributed by atoms with Crippen molar-refractivity contribution in [2.45, 2.75) is 68.3 Å². The number of nitrogens with one attached hydrogen (secondary N) is 1. The van der Waals surface area contributed by atoms with E-state index >= 15 is 0 Å². The molecule has 2 rings (SSSR count). The Hall–Kier alpha value is -0.930. The van der Waals surface area contributed by atoms with Gasteiger partial charge in [-0.2, -0.15) is 0 Å². The molecule has 0 aliphatic carbocycles. The lowest BCUT2D eigenvalue weighted by Gasteiger charge is -2.46. The summed E-state index contributed by atoms with van der Waals surface area (Å²) in [7, 11) is 0. The van der Waals surface area contributed by atoms with Crippen LogP contribution in [0.25, 0.3) is 0 Å². The van der Waals surface area contributed by atoms with E-state index in [-0.39, 0.29) is 0 Å². The summed E-state index contributed by atoms with van der Waals surface area (Å²) in [5.74, 6) is -0.581. The zero-order chi connectivity index (χ0) is 19.6. The van der Waals surface area contributed by atoms with Crippen LogP contribution in [0.15, 0.2) is 0 Å². The van der Waals surface area contributed by atoms with Gasteiger partial charge in [0.25, 0.3) is 0 Å². The Kier molecular flexibility index (Phi) is 7.27. The molecule has 0 aromatic rings. The largest absolute Gasteiger partial charge is 0.394 e. The highest BCUT2D eigenvalue weighted by Gasteiger charge is 2.50. The monoisotopic (exact) mass is 383 g/mol. The summed E-state index contributed by atoms with van der Waals surface area (Å²) in [6, 6.07) is -1.29. The number of ether oxygens (including phenoxy) is 3. The Balaban J connectivity index is 2.22. The van der Waals surface area contributed by atoms with Gasteiger partial charge in [0.15, 0.2) is 12.6 Å². The summed E-state index contributed by atoms with van der Waals surface area (Å²) < 4.78 is 15.6. The van der Waals surface area contributed by atoms with Crippen molar-refractivity contribution in [1.29, 1.82) is 0 Å². The van der Waals surface area contributed by atoms with E-state index < -0.39 is 80.5 Å². The van der Waals surface area contributed by atoms with E-state index in [1.54, 1.807) is 0 Å². The summed E-state index contributed by atoms with van der Waals surface area (Å²) in [5, 5.41) is 70.8. The lowest BCUT2D eigenvalue weighted by molar-refractivity contribution is -0.341. The molecule has 8 N–H and O–H groups in total. The molecular weight excluding hydrogens is 358 g/mol. The maximum Gasteiger partial charge on any atom is 0.217 e. The molecule has 152 valence electrons. The van der Waals surface area contributed by atoms with Gasteiger partial charge >= 0.3 is 0 Å². The number of carbonyl (C=O) groups is 1. The van der Waals surface area contributed by atoms with Crippen molar-refractivity contribution in [1.82, 2.24) is 5.32 Å². The minimum Gasteiger partial charge on any atom is -0.394 e. The average Bonchev–Trinajstić information content (AvgIpc) is 2.60. The quantitative estimate of drug-likeness (QED) is 0.226. The third-order valence-electron chi connectivity index (χ3n) is 4.38. The van der Waals surface area contributed by atoms with Crippen molar-refractivity contribution in [2.24, 2.45) is 0 Å².